The molecular formula is C28H20N4O2S. The largest absolute Gasteiger partial charge is 0.507 e. The minimum atomic E-state index is -0.544. The molecule has 0 fully saturated rings. The number of fused-ring (bicyclic) bond motifs is 2. The average Bonchev–Trinajstić information content (AvgIpc) is 3.29. The van der Waals surface area contributed by atoms with E-state index in [0.717, 1.165) is 26.5 Å². The van der Waals surface area contributed by atoms with Crippen LogP contribution in [0.2, 0.25) is 0 Å². The fourth-order valence-corrected chi connectivity index (χ4v) is 4.83. The summed E-state index contributed by atoms with van der Waals surface area (Å²) in [5, 5.41) is 27.6. The van der Waals surface area contributed by atoms with Crippen LogP contribution in [0.25, 0.3) is 31.6 Å². The molecule has 0 aliphatic rings. The van der Waals surface area contributed by atoms with Gasteiger partial charge >= 0.3 is 0 Å². The summed E-state index contributed by atoms with van der Waals surface area (Å²) in [7, 11) is 0. The van der Waals surface area contributed by atoms with Gasteiger partial charge in [-0.05, 0) is 61.0 Å². The van der Waals surface area contributed by atoms with Crippen molar-refractivity contribution in [1.29, 1.82) is 5.26 Å². The molecule has 1 heterocycles. The Hall–Kier alpha value is -4.67. The van der Waals surface area contributed by atoms with Gasteiger partial charge in [-0.25, -0.2) is 4.98 Å². The lowest BCUT2D eigenvalue weighted by atomic mass is 10.1. The number of benzene rings is 4. The lowest BCUT2D eigenvalue weighted by Gasteiger charge is -2.09. The number of aryl methyl sites for hydroxylation is 1. The second kappa shape index (κ2) is 9.29. The van der Waals surface area contributed by atoms with Gasteiger partial charge in [-0.1, -0.05) is 30.3 Å². The Labute approximate surface area is 205 Å². The third kappa shape index (κ3) is 4.56. The van der Waals surface area contributed by atoms with Crippen LogP contribution in [-0.2, 0) is 4.79 Å². The smallest absolute Gasteiger partial charge is 0.267 e. The van der Waals surface area contributed by atoms with Crippen LogP contribution in [0.1, 0.15) is 5.56 Å². The summed E-state index contributed by atoms with van der Waals surface area (Å²) < 4.78 is 1.15. The van der Waals surface area contributed by atoms with Gasteiger partial charge in [0.25, 0.3) is 5.91 Å². The highest BCUT2D eigenvalue weighted by Gasteiger charge is 2.12. The van der Waals surface area contributed by atoms with Crippen molar-refractivity contribution in [2.75, 3.05) is 10.6 Å². The van der Waals surface area contributed by atoms with Gasteiger partial charge in [-0.3, -0.25) is 4.79 Å². The first-order chi connectivity index (χ1) is 17.0. The fourth-order valence-electron chi connectivity index (χ4n) is 3.76. The van der Waals surface area contributed by atoms with E-state index < -0.39 is 5.91 Å². The van der Waals surface area contributed by atoms with Crippen molar-refractivity contribution in [3.05, 3.63) is 96.2 Å². The summed E-state index contributed by atoms with van der Waals surface area (Å²) in [4.78, 5) is 17.4. The van der Waals surface area contributed by atoms with Gasteiger partial charge in [0.05, 0.1) is 10.2 Å². The first kappa shape index (κ1) is 22.1. The van der Waals surface area contributed by atoms with Crippen molar-refractivity contribution >= 4 is 49.6 Å². The highest BCUT2D eigenvalue weighted by atomic mass is 32.1. The molecule has 35 heavy (non-hydrogen) atoms. The minimum absolute atomic E-state index is 0.0761. The summed E-state index contributed by atoms with van der Waals surface area (Å²) >= 11 is 1.64. The van der Waals surface area contributed by atoms with E-state index in [1.807, 2.05) is 36.4 Å². The van der Waals surface area contributed by atoms with Gasteiger partial charge in [-0.15, -0.1) is 11.3 Å². The van der Waals surface area contributed by atoms with Crippen molar-refractivity contribution in [2.24, 2.45) is 0 Å². The van der Waals surface area contributed by atoms with Crippen LogP contribution in [0.4, 0.5) is 11.4 Å². The lowest BCUT2D eigenvalue weighted by molar-refractivity contribution is -0.112. The molecule has 0 radical (unpaired) electrons. The van der Waals surface area contributed by atoms with Gasteiger partial charge in [-0.2, -0.15) is 5.26 Å². The number of aromatic nitrogens is 1. The van der Waals surface area contributed by atoms with Crippen molar-refractivity contribution < 1.29 is 9.90 Å². The average molecular weight is 477 g/mol. The van der Waals surface area contributed by atoms with Gasteiger partial charge < -0.3 is 15.7 Å². The Morgan fingerprint density at radius 2 is 1.80 bits per heavy atom. The van der Waals surface area contributed by atoms with E-state index in [2.05, 4.69) is 29.7 Å². The van der Waals surface area contributed by atoms with Gasteiger partial charge in [0.1, 0.15) is 22.4 Å². The number of phenolic OH excluding ortho intramolecular Hbond substituents is 1. The summed E-state index contributed by atoms with van der Waals surface area (Å²) in [6.45, 7) is 2.06. The summed E-state index contributed by atoms with van der Waals surface area (Å²) in [5.41, 5.74) is 4.35. The van der Waals surface area contributed by atoms with E-state index in [0.29, 0.717) is 16.5 Å². The zero-order valence-corrected chi connectivity index (χ0v) is 19.6. The molecule has 4 aromatic carbocycles. The predicted octanol–water partition coefficient (Wildman–Crippen LogP) is 6.59. The van der Waals surface area contributed by atoms with Crippen LogP contribution < -0.4 is 10.6 Å². The van der Waals surface area contributed by atoms with Crippen LogP contribution in [-0.4, -0.2) is 16.0 Å². The molecule has 0 saturated heterocycles. The number of hydrogen-bond acceptors (Lipinski definition) is 6. The second-order valence-corrected chi connectivity index (χ2v) is 9.04. The van der Waals surface area contributed by atoms with Crippen molar-refractivity contribution in [1.82, 2.24) is 4.98 Å². The van der Waals surface area contributed by atoms with E-state index in [-0.39, 0.29) is 11.3 Å². The highest BCUT2D eigenvalue weighted by molar-refractivity contribution is 7.21. The third-order valence-corrected chi connectivity index (χ3v) is 6.64. The molecule has 3 N–H and O–H groups in total. The van der Waals surface area contributed by atoms with Crippen LogP contribution >= 0.6 is 11.3 Å². The number of rotatable bonds is 5. The Bertz CT molecular complexity index is 1650. The van der Waals surface area contributed by atoms with E-state index in [1.54, 1.807) is 47.7 Å². The van der Waals surface area contributed by atoms with Crippen LogP contribution in [0.3, 0.4) is 0 Å². The normalized spacial score (nSPS) is 11.4. The standard InChI is InChI=1S/C28H20N4O2S/c1-17-8-13-24-26(14-17)35-28(32-24)18-9-11-20(12-10-18)30-16-19(15-29)27(34)31-23-6-2-5-22-21(23)4-3-7-25(22)33/h2-14,16,30,33H,1H3,(H,31,34)/b19-16-. The Kier molecular flexibility index (Phi) is 5.88. The van der Waals surface area contributed by atoms with Crippen LogP contribution in [0, 0.1) is 18.3 Å². The van der Waals surface area contributed by atoms with E-state index >= 15 is 0 Å². The van der Waals surface area contributed by atoms with Crippen LogP contribution in [0.15, 0.2) is 90.6 Å². The quantitative estimate of drug-likeness (QED) is 0.196. The molecule has 0 saturated carbocycles. The zero-order chi connectivity index (χ0) is 24.4. The predicted molar refractivity (Wildman–Crippen MR) is 141 cm³/mol. The molecule has 5 rings (SSSR count). The molecule has 6 nitrogen and oxygen atoms in total. The molecule has 170 valence electrons. The second-order valence-electron chi connectivity index (χ2n) is 8.01. The van der Waals surface area contributed by atoms with Crippen molar-refractivity contribution in [2.45, 2.75) is 6.92 Å². The minimum Gasteiger partial charge on any atom is -0.507 e. The lowest BCUT2D eigenvalue weighted by Crippen LogP contribution is -2.14. The van der Waals surface area contributed by atoms with Crippen molar-refractivity contribution in [3.63, 3.8) is 0 Å². The number of carbonyl (C=O) groups is 1. The Morgan fingerprint density at radius 1 is 1.03 bits per heavy atom. The molecule has 1 aromatic heterocycles. The monoisotopic (exact) mass is 476 g/mol. The van der Waals surface area contributed by atoms with E-state index in [9.17, 15) is 15.2 Å². The number of aromatic hydroxyl groups is 1. The number of nitrogens with one attached hydrogen (secondary N) is 2. The molecule has 0 bridgehead atoms. The number of nitriles is 1. The van der Waals surface area contributed by atoms with Gasteiger partial charge in [0.15, 0.2) is 0 Å². The highest BCUT2D eigenvalue weighted by Crippen LogP contribution is 2.32. The number of thiazole rings is 1. The maximum atomic E-state index is 12.7. The molecule has 5 aromatic rings. The third-order valence-electron chi connectivity index (χ3n) is 5.57. The molecule has 0 unspecified atom stereocenters. The topological polar surface area (TPSA) is 98.0 Å². The first-order valence-corrected chi connectivity index (χ1v) is 11.7. The van der Waals surface area contributed by atoms with E-state index in [4.69, 9.17) is 4.98 Å². The molecule has 0 aliphatic carbocycles. The maximum absolute atomic E-state index is 12.7. The summed E-state index contributed by atoms with van der Waals surface area (Å²) in [5.74, 6) is -0.419. The zero-order valence-electron chi connectivity index (χ0n) is 18.7. The number of carbonyl (C=O) groups excluding carboxylic acids is 1. The number of anilines is 2. The number of amides is 1. The Balaban J connectivity index is 1.31. The van der Waals surface area contributed by atoms with Crippen LogP contribution in [0.5, 0.6) is 5.75 Å². The van der Waals surface area contributed by atoms with E-state index in [1.165, 1.54) is 11.8 Å². The number of hydrogen-bond donors (Lipinski definition) is 3. The number of phenols is 1. The molecule has 0 spiro atoms. The molecule has 0 aliphatic heterocycles. The van der Waals surface area contributed by atoms with Crippen molar-refractivity contribution in [3.8, 4) is 22.4 Å². The molecule has 1 amide bonds. The summed E-state index contributed by atoms with van der Waals surface area (Å²) in [6.07, 6.45) is 1.38. The molecule has 7 heteroatoms. The fraction of sp³-hybridized carbons (Fsp3) is 0.0357. The summed E-state index contributed by atoms with van der Waals surface area (Å²) in [6, 6.07) is 26.1. The van der Waals surface area contributed by atoms with Gasteiger partial charge in [0, 0.05) is 33.9 Å². The first-order valence-electron chi connectivity index (χ1n) is 10.9. The molecular weight excluding hydrogens is 456 g/mol. The Morgan fingerprint density at radius 3 is 2.60 bits per heavy atom. The number of nitrogens with zero attached hydrogens (tertiary/aromatic N) is 2. The molecule has 0 atom stereocenters. The maximum Gasteiger partial charge on any atom is 0.267 e. The SMILES string of the molecule is Cc1ccc2nc(-c3ccc(N/C=C(/C#N)C(=O)Nc4cccc5c(O)cccc45)cc3)sc2c1. The van der Waals surface area contributed by atoms with Gasteiger partial charge in [0.2, 0.25) is 0 Å².